The number of rotatable bonds is 9. The molecule has 0 saturated carbocycles. The summed E-state index contributed by atoms with van der Waals surface area (Å²) < 4.78 is 5.31. The van der Waals surface area contributed by atoms with E-state index >= 15 is 0 Å². The van der Waals surface area contributed by atoms with Crippen LogP contribution in [0.4, 0.5) is 0 Å². The van der Waals surface area contributed by atoms with Crippen LogP contribution in [-0.4, -0.2) is 44.3 Å². The van der Waals surface area contributed by atoms with E-state index in [4.69, 9.17) is 4.74 Å². The second-order valence-corrected chi connectivity index (χ2v) is 4.88. The summed E-state index contributed by atoms with van der Waals surface area (Å²) in [5.74, 6) is 0.859. The summed E-state index contributed by atoms with van der Waals surface area (Å²) in [7, 11) is 1.80. The predicted octanol–water partition coefficient (Wildman–Crippen LogP) is 1.91. The maximum Gasteiger partial charge on any atom is 0.190 e. The lowest BCUT2D eigenvalue weighted by molar-refractivity contribution is 0.143. The van der Waals surface area contributed by atoms with Crippen molar-refractivity contribution in [2.75, 3.05) is 33.4 Å². The number of hydrogen-bond acceptors (Lipinski definition) is 3. The van der Waals surface area contributed by atoms with Crippen molar-refractivity contribution < 1.29 is 4.74 Å². The molecule has 21 heavy (non-hydrogen) atoms. The van der Waals surface area contributed by atoms with Gasteiger partial charge in [-0.15, -0.1) is 0 Å². The second-order valence-electron chi connectivity index (χ2n) is 4.88. The molecule has 5 nitrogen and oxygen atoms in total. The van der Waals surface area contributed by atoms with Gasteiger partial charge in [-0.1, -0.05) is 0 Å². The van der Waals surface area contributed by atoms with E-state index in [1.807, 2.05) is 19.3 Å². The fourth-order valence-electron chi connectivity index (χ4n) is 2.00. The van der Waals surface area contributed by atoms with Crippen LogP contribution in [0.15, 0.2) is 23.5 Å². The number of ether oxygens (including phenoxy) is 1. The quantitative estimate of drug-likeness (QED) is 0.415. The summed E-state index contributed by atoms with van der Waals surface area (Å²) in [4.78, 5) is 8.34. The fourth-order valence-corrected chi connectivity index (χ4v) is 2.00. The molecular weight excluding hydrogens is 264 g/mol. The monoisotopic (exact) mass is 292 g/mol. The Morgan fingerprint density at radius 2 is 2.10 bits per heavy atom. The zero-order valence-electron chi connectivity index (χ0n) is 13.5. The molecule has 0 atom stereocenters. The molecule has 0 spiro atoms. The average Bonchev–Trinajstić information content (AvgIpc) is 2.50. The molecule has 0 saturated heterocycles. The van der Waals surface area contributed by atoms with Crippen molar-refractivity contribution in [1.82, 2.24) is 15.6 Å². The lowest BCUT2D eigenvalue weighted by Crippen LogP contribution is -2.38. The Balaban J connectivity index is 2.16. The molecule has 1 aromatic heterocycles. The van der Waals surface area contributed by atoms with Crippen LogP contribution in [0.25, 0.3) is 0 Å². The fraction of sp³-hybridized carbons (Fsp3) is 0.625. The van der Waals surface area contributed by atoms with Crippen LogP contribution in [-0.2, 0) is 11.2 Å². The molecule has 0 fully saturated rings. The molecule has 0 aliphatic rings. The molecule has 1 rings (SSSR count). The normalized spacial score (nSPS) is 11.5. The van der Waals surface area contributed by atoms with Gasteiger partial charge in [-0.2, -0.15) is 0 Å². The van der Waals surface area contributed by atoms with Gasteiger partial charge in [0.2, 0.25) is 0 Å². The molecule has 0 unspecified atom stereocenters. The third-order valence-electron chi connectivity index (χ3n) is 3.26. The van der Waals surface area contributed by atoms with Crippen LogP contribution < -0.4 is 10.6 Å². The zero-order valence-corrected chi connectivity index (χ0v) is 13.5. The average molecular weight is 292 g/mol. The standard InChI is InChI=1S/C16H28N4O/c1-4-21-12-6-5-9-19-16(17-3)20-11-8-15-7-10-18-13-14(15)2/h7,10,13H,4-6,8-9,11-12H2,1-3H3,(H2,17,19,20). The largest absolute Gasteiger partial charge is 0.382 e. The van der Waals surface area contributed by atoms with Gasteiger partial charge in [-0.25, -0.2) is 0 Å². The summed E-state index contributed by atoms with van der Waals surface area (Å²) in [6.07, 6.45) is 6.88. The van der Waals surface area contributed by atoms with Gasteiger partial charge in [0.05, 0.1) is 0 Å². The minimum atomic E-state index is 0.797. The van der Waals surface area contributed by atoms with Crippen LogP contribution in [0.2, 0.25) is 0 Å². The van der Waals surface area contributed by atoms with Gasteiger partial charge >= 0.3 is 0 Å². The van der Waals surface area contributed by atoms with E-state index in [2.05, 4.69) is 33.6 Å². The van der Waals surface area contributed by atoms with Crippen LogP contribution in [0.3, 0.4) is 0 Å². The highest BCUT2D eigenvalue weighted by atomic mass is 16.5. The molecule has 0 aromatic carbocycles. The molecule has 0 radical (unpaired) electrons. The van der Waals surface area contributed by atoms with Crippen LogP contribution in [0.5, 0.6) is 0 Å². The number of pyridine rings is 1. The predicted molar refractivity (Wildman–Crippen MR) is 87.8 cm³/mol. The summed E-state index contributed by atoms with van der Waals surface area (Å²) in [5.41, 5.74) is 2.56. The number of hydrogen-bond donors (Lipinski definition) is 2. The van der Waals surface area contributed by atoms with Crippen molar-refractivity contribution in [2.24, 2.45) is 4.99 Å². The SMILES string of the molecule is CCOCCCCNC(=NC)NCCc1ccncc1C. The Bertz CT molecular complexity index is 420. The molecular formula is C16H28N4O. The molecule has 0 aliphatic heterocycles. The molecule has 118 valence electrons. The van der Waals surface area contributed by atoms with E-state index in [0.717, 1.165) is 51.5 Å². The molecule has 1 heterocycles. The van der Waals surface area contributed by atoms with Crippen LogP contribution in [0.1, 0.15) is 30.9 Å². The van der Waals surface area contributed by atoms with E-state index < -0.39 is 0 Å². The van der Waals surface area contributed by atoms with Gasteiger partial charge in [-0.3, -0.25) is 9.98 Å². The van der Waals surface area contributed by atoms with Gasteiger partial charge in [0.15, 0.2) is 5.96 Å². The first kappa shape index (κ1) is 17.4. The van der Waals surface area contributed by atoms with Gasteiger partial charge in [-0.05, 0) is 50.3 Å². The molecule has 2 N–H and O–H groups in total. The Morgan fingerprint density at radius 3 is 2.81 bits per heavy atom. The minimum Gasteiger partial charge on any atom is -0.382 e. The molecule has 5 heteroatoms. The summed E-state index contributed by atoms with van der Waals surface area (Å²) in [6, 6.07) is 2.07. The number of aromatic nitrogens is 1. The molecule has 0 aliphatic carbocycles. The maximum absolute atomic E-state index is 5.31. The van der Waals surface area contributed by atoms with Crippen LogP contribution >= 0.6 is 0 Å². The van der Waals surface area contributed by atoms with E-state index in [-0.39, 0.29) is 0 Å². The highest BCUT2D eigenvalue weighted by molar-refractivity contribution is 5.79. The third-order valence-corrected chi connectivity index (χ3v) is 3.26. The Morgan fingerprint density at radius 1 is 1.29 bits per heavy atom. The van der Waals surface area contributed by atoms with E-state index in [9.17, 15) is 0 Å². The van der Waals surface area contributed by atoms with Crippen LogP contribution in [0, 0.1) is 6.92 Å². The number of aryl methyl sites for hydroxylation is 1. The minimum absolute atomic E-state index is 0.797. The molecule has 0 bridgehead atoms. The van der Waals surface area contributed by atoms with Crippen molar-refractivity contribution in [3.63, 3.8) is 0 Å². The molecule has 1 aromatic rings. The number of guanidine groups is 1. The number of nitrogens with one attached hydrogen (secondary N) is 2. The van der Waals surface area contributed by atoms with Gasteiger partial charge in [0, 0.05) is 45.7 Å². The first-order valence-corrected chi connectivity index (χ1v) is 7.69. The first-order chi connectivity index (χ1) is 10.3. The van der Waals surface area contributed by atoms with Gasteiger partial charge in [0.1, 0.15) is 0 Å². The van der Waals surface area contributed by atoms with Crippen molar-refractivity contribution in [3.05, 3.63) is 29.6 Å². The van der Waals surface area contributed by atoms with E-state index in [1.165, 1.54) is 11.1 Å². The Kier molecular flexibility index (Phi) is 9.20. The number of aliphatic imine (C=N–C) groups is 1. The van der Waals surface area contributed by atoms with E-state index in [1.54, 1.807) is 7.05 Å². The lowest BCUT2D eigenvalue weighted by Gasteiger charge is -2.12. The number of nitrogens with zero attached hydrogens (tertiary/aromatic N) is 2. The third kappa shape index (κ3) is 7.66. The Labute approximate surface area is 128 Å². The zero-order chi connectivity index (χ0) is 15.3. The van der Waals surface area contributed by atoms with Crippen molar-refractivity contribution in [1.29, 1.82) is 0 Å². The summed E-state index contributed by atoms with van der Waals surface area (Å²) in [6.45, 7) is 7.53. The van der Waals surface area contributed by atoms with Crippen molar-refractivity contribution in [3.8, 4) is 0 Å². The lowest BCUT2D eigenvalue weighted by atomic mass is 10.1. The van der Waals surface area contributed by atoms with Gasteiger partial charge in [0.25, 0.3) is 0 Å². The Hall–Kier alpha value is -1.62. The smallest absolute Gasteiger partial charge is 0.190 e. The highest BCUT2D eigenvalue weighted by Gasteiger charge is 2.00. The van der Waals surface area contributed by atoms with E-state index in [0.29, 0.717) is 0 Å². The maximum atomic E-state index is 5.31. The summed E-state index contributed by atoms with van der Waals surface area (Å²) in [5, 5.41) is 6.65. The summed E-state index contributed by atoms with van der Waals surface area (Å²) >= 11 is 0. The van der Waals surface area contributed by atoms with Crippen molar-refractivity contribution in [2.45, 2.75) is 33.1 Å². The second kappa shape index (κ2) is 11.1. The molecule has 0 amide bonds. The van der Waals surface area contributed by atoms with Crippen molar-refractivity contribution >= 4 is 5.96 Å². The highest BCUT2D eigenvalue weighted by Crippen LogP contribution is 2.04. The van der Waals surface area contributed by atoms with Gasteiger partial charge < -0.3 is 15.4 Å². The number of unbranched alkanes of at least 4 members (excludes halogenated alkanes) is 1. The topological polar surface area (TPSA) is 58.5 Å². The first-order valence-electron chi connectivity index (χ1n) is 7.69.